The Hall–Kier alpha value is -2.90. The maximum Gasteiger partial charge on any atom is 0.258 e. The lowest BCUT2D eigenvalue weighted by Gasteiger charge is -2.27. The van der Waals surface area contributed by atoms with Crippen molar-refractivity contribution in [3.8, 4) is 5.75 Å². The van der Waals surface area contributed by atoms with Gasteiger partial charge in [0.15, 0.2) is 12.9 Å². The van der Waals surface area contributed by atoms with Crippen LogP contribution < -0.4 is 10.1 Å². The van der Waals surface area contributed by atoms with Crippen molar-refractivity contribution in [2.24, 2.45) is 0 Å². The normalized spacial score (nSPS) is 19.0. The van der Waals surface area contributed by atoms with Crippen LogP contribution in [0.5, 0.6) is 5.75 Å². The summed E-state index contributed by atoms with van der Waals surface area (Å²) in [4.78, 5) is 27.1. The molecule has 2 aromatic carbocycles. The number of nitrogens with zero attached hydrogens (tertiary/aromatic N) is 1. The smallest absolute Gasteiger partial charge is 0.258 e. The number of fused-ring (bicyclic) bond motifs is 1. The molecule has 2 heterocycles. The highest BCUT2D eigenvalue weighted by Crippen LogP contribution is 2.32. The molecule has 0 radical (unpaired) electrons. The van der Waals surface area contributed by atoms with E-state index in [0.29, 0.717) is 48.9 Å². The average Bonchev–Trinajstić information content (AvgIpc) is 2.73. The Morgan fingerprint density at radius 3 is 2.70 bits per heavy atom. The summed E-state index contributed by atoms with van der Waals surface area (Å²) in [5, 5.41) is 2.84. The minimum absolute atomic E-state index is 0.0185. The third-order valence-corrected chi connectivity index (χ3v) is 4.56. The van der Waals surface area contributed by atoms with Gasteiger partial charge in [-0.2, -0.15) is 0 Å². The molecule has 0 unspecified atom stereocenters. The second-order valence-corrected chi connectivity index (χ2v) is 6.32. The molecule has 7 heteroatoms. The van der Waals surface area contributed by atoms with E-state index in [-0.39, 0.29) is 18.6 Å². The standard InChI is InChI=1S/C20H20N2O5/c23-19(18-16-6-1-2-7-17(16)26-13-27-18)21-15-5-3-4-14(12-15)20(24)22-8-10-25-11-9-22/h1-7,12,18H,8-11,13H2,(H,21,23)/t18-/m0/s1. The van der Waals surface area contributed by atoms with Gasteiger partial charge in [0.2, 0.25) is 0 Å². The van der Waals surface area contributed by atoms with Gasteiger partial charge >= 0.3 is 0 Å². The number of para-hydroxylation sites is 1. The molecule has 0 spiro atoms. The van der Waals surface area contributed by atoms with Crippen LogP contribution in [0.3, 0.4) is 0 Å². The predicted octanol–water partition coefficient (Wildman–Crippen LogP) is 2.21. The van der Waals surface area contributed by atoms with Gasteiger partial charge in [-0.05, 0) is 24.3 Å². The van der Waals surface area contributed by atoms with E-state index in [0.717, 1.165) is 0 Å². The first kappa shape index (κ1) is 17.5. The number of amides is 2. The highest BCUT2D eigenvalue weighted by atomic mass is 16.7. The molecule has 2 amide bonds. The zero-order valence-electron chi connectivity index (χ0n) is 14.7. The predicted molar refractivity (Wildman–Crippen MR) is 97.6 cm³/mol. The third-order valence-electron chi connectivity index (χ3n) is 4.56. The fourth-order valence-corrected chi connectivity index (χ4v) is 3.19. The summed E-state index contributed by atoms with van der Waals surface area (Å²) in [6, 6.07) is 14.2. The highest BCUT2D eigenvalue weighted by molar-refractivity contribution is 5.98. The summed E-state index contributed by atoms with van der Waals surface area (Å²) >= 11 is 0. The summed E-state index contributed by atoms with van der Waals surface area (Å²) in [6.07, 6.45) is -0.756. The molecule has 27 heavy (non-hydrogen) atoms. The molecule has 0 aromatic heterocycles. The molecular weight excluding hydrogens is 348 g/mol. The summed E-state index contributed by atoms with van der Waals surface area (Å²) in [7, 11) is 0. The molecule has 0 saturated carbocycles. The quantitative estimate of drug-likeness (QED) is 0.899. The molecule has 0 bridgehead atoms. The summed E-state index contributed by atoms with van der Waals surface area (Å²) < 4.78 is 16.2. The van der Waals surface area contributed by atoms with Gasteiger partial charge in [-0.25, -0.2) is 0 Å². The number of carbonyl (C=O) groups excluding carboxylic acids is 2. The summed E-state index contributed by atoms with van der Waals surface area (Å²) in [5.41, 5.74) is 1.76. The fourth-order valence-electron chi connectivity index (χ4n) is 3.19. The Kier molecular flexibility index (Phi) is 5.04. The largest absolute Gasteiger partial charge is 0.467 e. The minimum atomic E-state index is -0.756. The molecule has 0 aliphatic carbocycles. The van der Waals surface area contributed by atoms with Crippen LogP contribution in [-0.2, 0) is 14.3 Å². The summed E-state index contributed by atoms with van der Waals surface area (Å²) in [6.45, 7) is 2.25. The lowest BCUT2D eigenvalue weighted by molar-refractivity contribution is -0.136. The molecule has 4 rings (SSSR count). The molecule has 140 valence electrons. The first-order chi connectivity index (χ1) is 13.2. The van der Waals surface area contributed by atoms with Crippen LogP contribution >= 0.6 is 0 Å². The van der Waals surface area contributed by atoms with Crippen molar-refractivity contribution >= 4 is 17.5 Å². The molecule has 1 N–H and O–H groups in total. The van der Waals surface area contributed by atoms with Crippen molar-refractivity contribution in [2.75, 3.05) is 38.4 Å². The number of ether oxygens (including phenoxy) is 3. The second kappa shape index (κ2) is 7.77. The van der Waals surface area contributed by atoms with Crippen LogP contribution in [0.2, 0.25) is 0 Å². The Morgan fingerprint density at radius 2 is 1.85 bits per heavy atom. The topological polar surface area (TPSA) is 77.1 Å². The van der Waals surface area contributed by atoms with Gasteiger partial charge < -0.3 is 24.4 Å². The lowest BCUT2D eigenvalue weighted by atomic mass is 10.1. The maximum atomic E-state index is 12.7. The van der Waals surface area contributed by atoms with Crippen LogP contribution in [0.1, 0.15) is 22.0 Å². The number of carbonyl (C=O) groups is 2. The van der Waals surface area contributed by atoms with Crippen LogP contribution in [-0.4, -0.2) is 49.8 Å². The monoisotopic (exact) mass is 368 g/mol. The SMILES string of the molecule is O=C(Nc1cccc(C(=O)N2CCOCC2)c1)[C@H]1OCOc2ccccc21. The molecule has 2 aromatic rings. The zero-order chi connectivity index (χ0) is 18.6. The van der Waals surface area contributed by atoms with Crippen LogP contribution in [0.15, 0.2) is 48.5 Å². The number of morpholine rings is 1. The van der Waals surface area contributed by atoms with E-state index in [1.807, 2.05) is 12.1 Å². The second-order valence-electron chi connectivity index (χ2n) is 6.32. The van der Waals surface area contributed by atoms with Crippen LogP contribution in [0.25, 0.3) is 0 Å². The van der Waals surface area contributed by atoms with Crippen LogP contribution in [0.4, 0.5) is 5.69 Å². The molecule has 1 atom stereocenters. The van der Waals surface area contributed by atoms with E-state index >= 15 is 0 Å². The van der Waals surface area contributed by atoms with Crippen molar-refractivity contribution in [1.29, 1.82) is 0 Å². The average molecular weight is 368 g/mol. The van der Waals surface area contributed by atoms with Gasteiger partial charge in [0.05, 0.1) is 13.2 Å². The maximum absolute atomic E-state index is 12.7. The molecule has 1 fully saturated rings. The van der Waals surface area contributed by atoms with Crippen molar-refractivity contribution in [2.45, 2.75) is 6.10 Å². The minimum Gasteiger partial charge on any atom is -0.467 e. The summed E-state index contributed by atoms with van der Waals surface area (Å²) in [5.74, 6) is 0.268. The van der Waals surface area contributed by atoms with Crippen LogP contribution in [0, 0.1) is 0 Å². The van der Waals surface area contributed by atoms with E-state index < -0.39 is 6.10 Å². The Labute approximate surface area is 156 Å². The molecule has 2 aliphatic heterocycles. The van der Waals surface area contributed by atoms with Gasteiger partial charge in [0.25, 0.3) is 11.8 Å². The van der Waals surface area contributed by atoms with Gasteiger partial charge in [-0.15, -0.1) is 0 Å². The van der Waals surface area contributed by atoms with Gasteiger partial charge in [-0.1, -0.05) is 24.3 Å². The van der Waals surface area contributed by atoms with E-state index in [1.165, 1.54) is 0 Å². The number of rotatable bonds is 3. The highest BCUT2D eigenvalue weighted by Gasteiger charge is 2.28. The number of nitrogens with one attached hydrogen (secondary N) is 1. The van der Waals surface area contributed by atoms with Crippen molar-refractivity contribution in [1.82, 2.24) is 4.90 Å². The Balaban J connectivity index is 1.49. The van der Waals surface area contributed by atoms with Crippen molar-refractivity contribution in [3.63, 3.8) is 0 Å². The van der Waals surface area contributed by atoms with E-state index in [9.17, 15) is 9.59 Å². The Bertz CT molecular complexity index is 848. The number of anilines is 1. The number of hydrogen-bond donors (Lipinski definition) is 1. The molecular formula is C20H20N2O5. The first-order valence-electron chi connectivity index (χ1n) is 8.83. The number of benzene rings is 2. The molecule has 7 nitrogen and oxygen atoms in total. The van der Waals surface area contributed by atoms with Crippen molar-refractivity contribution in [3.05, 3.63) is 59.7 Å². The third kappa shape index (κ3) is 3.79. The van der Waals surface area contributed by atoms with E-state index in [4.69, 9.17) is 14.2 Å². The van der Waals surface area contributed by atoms with E-state index in [2.05, 4.69) is 5.32 Å². The van der Waals surface area contributed by atoms with Crippen molar-refractivity contribution < 1.29 is 23.8 Å². The van der Waals surface area contributed by atoms with E-state index in [1.54, 1.807) is 41.3 Å². The lowest BCUT2D eigenvalue weighted by Crippen LogP contribution is -2.40. The number of hydrogen-bond acceptors (Lipinski definition) is 5. The molecule has 1 saturated heterocycles. The van der Waals surface area contributed by atoms with Gasteiger partial charge in [0, 0.05) is 29.9 Å². The zero-order valence-corrected chi connectivity index (χ0v) is 14.7. The van der Waals surface area contributed by atoms with Gasteiger partial charge in [-0.3, -0.25) is 9.59 Å². The first-order valence-corrected chi connectivity index (χ1v) is 8.83. The molecule has 2 aliphatic rings. The van der Waals surface area contributed by atoms with Gasteiger partial charge in [0.1, 0.15) is 5.75 Å². The Morgan fingerprint density at radius 1 is 1.04 bits per heavy atom. The fraction of sp³-hybridized carbons (Fsp3) is 0.300.